The second-order valence-corrected chi connectivity index (χ2v) is 5.33. The molecule has 1 aliphatic heterocycles. The summed E-state index contributed by atoms with van der Waals surface area (Å²) in [4.78, 5) is 30.4. The summed E-state index contributed by atoms with van der Waals surface area (Å²) in [6, 6.07) is 1.36. The van der Waals surface area contributed by atoms with E-state index in [0.717, 1.165) is 32.1 Å². The molecule has 0 bridgehead atoms. The number of pyridine rings is 1. The number of nitrogen functional groups attached to an aromatic ring is 1. The maximum atomic E-state index is 12.5. The zero-order valence-electron chi connectivity index (χ0n) is 12.2. The number of nitrogens with zero attached hydrogens (tertiary/aromatic N) is 4. The Kier molecular flexibility index (Phi) is 4.37. The fourth-order valence-corrected chi connectivity index (χ4v) is 2.52. The fraction of sp³-hybridized carbons (Fsp3) is 0.538. The van der Waals surface area contributed by atoms with Gasteiger partial charge in [-0.1, -0.05) is 0 Å². The quantitative estimate of drug-likeness (QED) is 0.650. The maximum absolute atomic E-state index is 12.5. The van der Waals surface area contributed by atoms with Gasteiger partial charge in [0.25, 0.3) is 11.6 Å². The number of likely N-dealkylation sites (tertiary alicyclic amines) is 1. The molecule has 2 rings (SSSR count). The number of rotatable bonds is 3. The SMILES string of the molecule is CN1CCC(N(C)C(=O)c2cc(N)ncc2[N+](=O)[O-])CC1. The highest BCUT2D eigenvalue weighted by atomic mass is 16.6. The third-order valence-corrected chi connectivity index (χ3v) is 3.89. The van der Waals surface area contributed by atoms with Crippen LogP contribution in [0.15, 0.2) is 12.3 Å². The first kappa shape index (κ1) is 15.2. The van der Waals surface area contributed by atoms with Gasteiger partial charge in [0.05, 0.1) is 4.92 Å². The van der Waals surface area contributed by atoms with Crippen molar-refractivity contribution in [2.75, 3.05) is 32.9 Å². The molecule has 2 N–H and O–H groups in total. The van der Waals surface area contributed by atoms with Crippen LogP contribution in [0.4, 0.5) is 11.5 Å². The van der Waals surface area contributed by atoms with Gasteiger partial charge in [0.2, 0.25) is 0 Å². The van der Waals surface area contributed by atoms with E-state index >= 15 is 0 Å². The fourth-order valence-electron chi connectivity index (χ4n) is 2.52. The van der Waals surface area contributed by atoms with Crippen LogP contribution in [0, 0.1) is 10.1 Å². The number of amides is 1. The van der Waals surface area contributed by atoms with E-state index in [1.807, 2.05) is 7.05 Å². The third-order valence-electron chi connectivity index (χ3n) is 3.89. The number of carbonyl (C=O) groups is 1. The molecule has 0 aromatic carbocycles. The van der Waals surface area contributed by atoms with E-state index < -0.39 is 4.92 Å². The Morgan fingerprint density at radius 1 is 1.52 bits per heavy atom. The second kappa shape index (κ2) is 6.04. The zero-order valence-corrected chi connectivity index (χ0v) is 12.2. The normalized spacial score (nSPS) is 16.7. The summed E-state index contributed by atoms with van der Waals surface area (Å²) in [7, 11) is 3.71. The predicted molar refractivity (Wildman–Crippen MR) is 77.9 cm³/mol. The Labute approximate surface area is 122 Å². The monoisotopic (exact) mass is 293 g/mol. The number of carbonyl (C=O) groups excluding carboxylic acids is 1. The molecule has 114 valence electrons. The van der Waals surface area contributed by atoms with Gasteiger partial charge in [-0.05, 0) is 39.0 Å². The van der Waals surface area contributed by atoms with E-state index in [-0.39, 0.29) is 29.0 Å². The highest BCUT2D eigenvalue weighted by Crippen LogP contribution is 2.23. The molecule has 0 aliphatic carbocycles. The minimum Gasteiger partial charge on any atom is -0.384 e. The summed E-state index contributed by atoms with van der Waals surface area (Å²) in [5, 5.41) is 11.0. The van der Waals surface area contributed by atoms with Crippen LogP contribution in [-0.4, -0.2) is 58.8 Å². The Balaban J connectivity index is 2.23. The van der Waals surface area contributed by atoms with Gasteiger partial charge in [0.15, 0.2) is 0 Å². The van der Waals surface area contributed by atoms with Gasteiger partial charge in [0.1, 0.15) is 17.6 Å². The van der Waals surface area contributed by atoms with Crippen LogP contribution in [0.3, 0.4) is 0 Å². The molecule has 0 atom stereocenters. The summed E-state index contributed by atoms with van der Waals surface area (Å²) in [5.74, 6) is -0.286. The summed E-state index contributed by atoms with van der Waals surface area (Å²) in [6.07, 6.45) is 2.74. The van der Waals surface area contributed by atoms with E-state index in [1.54, 1.807) is 11.9 Å². The molecule has 1 aliphatic rings. The average Bonchev–Trinajstić information content (AvgIpc) is 2.46. The Bertz CT molecular complexity index is 555. The molecule has 1 amide bonds. The standard InChI is InChI=1S/C13H19N5O3/c1-16-5-3-9(4-6-16)17(2)13(19)10-7-12(14)15-8-11(10)18(20)21/h7-9H,3-6H2,1-2H3,(H2,14,15). The number of nitro groups is 1. The summed E-state index contributed by atoms with van der Waals surface area (Å²) in [5.41, 5.74) is 5.23. The van der Waals surface area contributed by atoms with Crippen molar-refractivity contribution >= 4 is 17.4 Å². The average molecular weight is 293 g/mol. The lowest BCUT2D eigenvalue weighted by Gasteiger charge is -2.35. The Morgan fingerprint density at radius 2 is 2.14 bits per heavy atom. The first-order chi connectivity index (χ1) is 9.90. The van der Waals surface area contributed by atoms with E-state index in [2.05, 4.69) is 9.88 Å². The van der Waals surface area contributed by atoms with Gasteiger partial charge in [-0.15, -0.1) is 0 Å². The number of aromatic nitrogens is 1. The molecule has 2 heterocycles. The van der Waals surface area contributed by atoms with Gasteiger partial charge < -0.3 is 15.5 Å². The van der Waals surface area contributed by atoms with Crippen LogP contribution in [0.2, 0.25) is 0 Å². The molecular weight excluding hydrogens is 274 g/mol. The lowest BCUT2D eigenvalue weighted by atomic mass is 10.0. The minimum absolute atomic E-state index is 0.00562. The Hall–Kier alpha value is -2.22. The Morgan fingerprint density at radius 3 is 2.71 bits per heavy atom. The zero-order chi connectivity index (χ0) is 15.6. The predicted octanol–water partition coefficient (Wildman–Crippen LogP) is 0.738. The molecule has 0 saturated carbocycles. The molecule has 1 aromatic heterocycles. The molecule has 1 saturated heterocycles. The number of nitrogens with two attached hydrogens (primary N) is 1. The van der Waals surface area contributed by atoms with Crippen LogP contribution >= 0.6 is 0 Å². The molecule has 1 aromatic rings. The summed E-state index contributed by atoms with van der Waals surface area (Å²) < 4.78 is 0. The lowest BCUT2D eigenvalue weighted by Crippen LogP contribution is -2.44. The van der Waals surface area contributed by atoms with Crippen molar-refractivity contribution in [2.45, 2.75) is 18.9 Å². The third kappa shape index (κ3) is 3.27. The molecule has 0 radical (unpaired) electrons. The number of hydrogen-bond acceptors (Lipinski definition) is 6. The van der Waals surface area contributed by atoms with Crippen LogP contribution in [0.1, 0.15) is 23.2 Å². The van der Waals surface area contributed by atoms with E-state index in [1.165, 1.54) is 6.07 Å². The van der Waals surface area contributed by atoms with Crippen LogP contribution in [0.25, 0.3) is 0 Å². The topological polar surface area (TPSA) is 106 Å². The smallest absolute Gasteiger partial charge is 0.300 e. The summed E-state index contributed by atoms with van der Waals surface area (Å²) in [6.45, 7) is 1.81. The highest BCUT2D eigenvalue weighted by Gasteiger charge is 2.29. The van der Waals surface area contributed by atoms with Gasteiger partial charge >= 0.3 is 0 Å². The molecule has 21 heavy (non-hydrogen) atoms. The van der Waals surface area contributed by atoms with Crippen LogP contribution in [0.5, 0.6) is 0 Å². The van der Waals surface area contributed by atoms with E-state index in [0.29, 0.717) is 0 Å². The van der Waals surface area contributed by atoms with Crippen molar-refractivity contribution in [1.29, 1.82) is 0 Å². The van der Waals surface area contributed by atoms with Gasteiger partial charge in [0, 0.05) is 13.1 Å². The highest BCUT2D eigenvalue weighted by molar-refractivity contribution is 5.98. The van der Waals surface area contributed by atoms with Gasteiger partial charge in [-0.3, -0.25) is 14.9 Å². The van der Waals surface area contributed by atoms with E-state index in [9.17, 15) is 14.9 Å². The number of piperidine rings is 1. The molecule has 8 heteroatoms. The van der Waals surface area contributed by atoms with Crippen molar-refractivity contribution in [1.82, 2.24) is 14.8 Å². The minimum atomic E-state index is -0.609. The van der Waals surface area contributed by atoms with Crippen molar-refractivity contribution in [2.24, 2.45) is 0 Å². The number of hydrogen-bond donors (Lipinski definition) is 1. The number of anilines is 1. The molecular formula is C13H19N5O3. The molecule has 0 unspecified atom stereocenters. The molecule has 1 fully saturated rings. The van der Waals surface area contributed by atoms with Crippen molar-refractivity contribution in [3.05, 3.63) is 27.9 Å². The first-order valence-electron chi connectivity index (χ1n) is 6.75. The van der Waals surface area contributed by atoms with Gasteiger partial charge in [-0.2, -0.15) is 0 Å². The molecule has 0 spiro atoms. The summed E-state index contributed by atoms with van der Waals surface area (Å²) >= 11 is 0. The van der Waals surface area contributed by atoms with E-state index in [4.69, 9.17) is 5.73 Å². The molecule has 8 nitrogen and oxygen atoms in total. The van der Waals surface area contributed by atoms with Gasteiger partial charge in [-0.25, -0.2) is 4.98 Å². The van der Waals surface area contributed by atoms with Crippen molar-refractivity contribution in [3.63, 3.8) is 0 Å². The second-order valence-electron chi connectivity index (χ2n) is 5.33. The van der Waals surface area contributed by atoms with Crippen LogP contribution < -0.4 is 5.73 Å². The van der Waals surface area contributed by atoms with Crippen molar-refractivity contribution in [3.8, 4) is 0 Å². The largest absolute Gasteiger partial charge is 0.384 e. The van der Waals surface area contributed by atoms with Crippen LogP contribution in [-0.2, 0) is 0 Å². The maximum Gasteiger partial charge on any atom is 0.300 e. The lowest BCUT2D eigenvalue weighted by molar-refractivity contribution is -0.385. The first-order valence-corrected chi connectivity index (χ1v) is 6.75. The van der Waals surface area contributed by atoms with Crippen molar-refractivity contribution < 1.29 is 9.72 Å².